The third-order valence-electron chi connectivity index (χ3n) is 12.2. The minimum Gasteiger partial charge on any atom is -0.455 e. The lowest BCUT2D eigenvalue weighted by Gasteiger charge is -2.14. The summed E-state index contributed by atoms with van der Waals surface area (Å²) in [6, 6.07) is 68.7. The molecule has 0 radical (unpaired) electrons. The molecule has 278 valence electrons. The second-order valence-corrected chi connectivity index (χ2v) is 15.6. The molecule has 3 heterocycles. The van der Waals surface area contributed by atoms with E-state index in [4.69, 9.17) is 19.4 Å². The van der Waals surface area contributed by atoms with Gasteiger partial charge in [-0.05, 0) is 85.2 Å². The molecule has 0 aliphatic carbocycles. The molecule has 60 heavy (non-hydrogen) atoms. The first kappa shape index (κ1) is 32.9. The van der Waals surface area contributed by atoms with Crippen LogP contribution in [0.1, 0.15) is 0 Å². The van der Waals surface area contributed by atoms with Gasteiger partial charge in [0.1, 0.15) is 11.2 Å². The van der Waals surface area contributed by atoms with Crippen LogP contribution in [0.25, 0.3) is 127 Å². The normalized spacial score (nSPS) is 12.0. The van der Waals surface area contributed by atoms with E-state index in [1.807, 2.05) is 0 Å². The van der Waals surface area contributed by atoms with Gasteiger partial charge in [0.25, 0.3) is 0 Å². The molecule has 0 saturated heterocycles. The molecule has 0 saturated carbocycles. The van der Waals surface area contributed by atoms with Crippen LogP contribution in [0.5, 0.6) is 0 Å². The molecule has 0 spiro atoms. The summed E-state index contributed by atoms with van der Waals surface area (Å²) in [6.07, 6.45) is 0. The van der Waals surface area contributed by atoms with Crippen LogP contribution in [0.2, 0.25) is 0 Å². The first-order chi connectivity index (χ1) is 29.7. The Hall–Kier alpha value is -8.15. The Labute approximate surface area is 343 Å². The number of hydrogen-bond donors (Lipinski definition) is 0. The molecule has 0 N–H and O–H groups in total. The lowest BCUT2D eigenvalue weighted by Crippen LogP contribution is -2.07. The van der Waals surface area contributed by atoms with Crippen molar-refractivity contribution in [3.63, 3.8) is 0 Å². The van der Waals surface area contributed by atoms with E-state index in [0.29, 0.717) is 17.6 Å². The van der Waals surface area contributed by atoms with Crippen molar-refractivity contribution >= 4 is 86.8 Å². The Morgan fingerprint density at radius 1 is 0.350 bits per heavy atom. The third-order valence-corrected chi connectivity index (χ3v) is 12.2. The van der Waals surface area contributed by atoms with E-state index in [9.17, 15) is 0 Å². The SMILES string of the molecule is c1ccc(-c2nc(-c3cccc4c3oc3cc5ccccc5cc34)nc(-n3c4cc5ccccc5cc4c4ccc5ccccc5c43)n2)c(-c2ccc3ccccc3c2)c1. The van der Waals surface area contributed by atoms with Crippen molar-refractivity contribution in [1.29, 1.82) is 0 Å². The van der Waals surface area contributed by atoms with Gasteiger partial charge < -0.3 is 4.42 Å². The predicted octanol–water partition coefficient (Wildman–Crippen LogP) is 14.5. The largest absolute Gasteiger partial charge is 0.455 e. The van der Waals surface area contributed by atoms with E-state index in [2.05, 4.69) is 199 Å². The van der Waals surface area contributed by atoms with Crippen LogP contribution in [-0.4, -0.2) is 19.5 Å². The van der Waals surface area contributed by atoms with Gasteiger partial charge in [0, 0.05) is 32.5 Å². The van der Waals surface area contributed by atoms with Crippen LogP contribution in [-0.2, 0) is 0 Å². The number of benzene rings is 10. The molecule has 3 aromatic heterocycles. The zero-order valence-electron chi connectivity index (χ0n) is 32.2. The molecule has 13 aromatic rings. The van der Waals surface area contributed by atoms with Crippen molar-refractivity contribution in [1.82, 2.24) is 19.5 Å². The molecule has 0 fully saturated rings. The second-order valence-electron chi connectivity index (χ2n) is 15.6. The van der Waals surface area contributed by atoms with E-state index in [1.54, 1.807) is 0 Å². The van der Waals surface area contributed by atoms with Crippen LogP contribution < -0.4 is 0 Å². The Morgan fingerprint density at radius 3 is 1.70 bits per heavy atom. The highest BCUT2D eigenvalue weighted by Gasteiger charge is 2.23. The summed E-state index contributed by atoms with van der Waals surface area (Å²) >= 11 is 0. The summed E-state index contributed by atoms with van der Waals surface area (Å²) < 4.78 is 9.04. The van der Waals surface area contributed by atoms with Crippen molar-refractivity contribution in [2.45, 2.75) is 0 Å². The van der Waals surface area contributed by atoms with Crippen LogP contribution in [0.3, 0.4) is 0 Å². The summed E-state index contributed by atoms with van der Waals surface area (Å²) in [5, 5.41) is 13.6. The number of furan rings is 1. The highest BCUT2D eigenvalue weighted by molar-refractivity contribution is 6.20. The van der Waals surface area contributed by atoms with Gasteiger partial charge in [-0.3, -0.25) is 4.57 Å². The molecule has 5 heteroatoms. The topological polar surface area (TPSA) is 56.7 Å². The minimum atomic E-state index is 0.536. The summed E-state index contributed by atoms with van der Waals surface area (Å²) in [4.78, 5) is 16.3. The summed E-state index contributed by atoms with van der Waals surface area (Å²) in [6.45, 7) is 0. The van der Waals surface area contributed by atoms with Crippen LogP contribution >= 0.6 is 0 Å². The maximum atomic E-state index is 6.80. The fourth-order valence-corrected chi connectivity index (χ4v) is 9.32. The fourth-order valence-electron chi connectivity index (χ4n) is 9.32. The van der Waals surface area contributed by atoms with Crippen molar-refractivity contribution in [3.05, 3.63) is 194 Å². The molecule has 0 aliphatic heterocycles. The van der Waals surface area contributed by atoms with Gasteiger partial charge in [-0.1, -0.05) is 158 Å². The molecule has 0 unspecified atom stereocenters. The maximum Gasteiger partial charge on any atom is 0.238 e. The van der Waals surface area contributed by atoms with Crippen LogP contribution in [0.4, 0.5) is 0 Å². The van der Waals surface area contributed by atoms with E-state index in [-0.39, 0.29) is 0 Å². The summed E-state index contributed by atoms with van der Waals surface area (Å²) in [5.74, 6) is 1.65. The fraction of sp³-hybridized carbons (Fsp3) is 0. The number of rotatable bonds is 4. The highest BCUT2D eigenvalue weighted by atomic mass is 16.3. The van der Waals surface area contributed by atoms with E-state index in [0.717, 1.165) is 87.5 Å². The van der Waals surface area contributed by atoms with Gasteiger partial charge in [0.05, 0.1) is 16.6 Å². The predicted molar refractivity (Wildman–Crippen MR) is 248 cm³/mol. The Balaban J connectivity index is 1.14. The van der Waals surface area contributed by atoms with E-state index >= 15 is 0 Å². The van der Waals surface area contributed by atoms with E-state index in [1.165, 1.54) is 21.5 Å². The lowest BCUT2D eigenvalue weighted by atomic mass is 9.96. The quantitative estimate of drug-likeness (QED) is 0.179. The Bertz CT molecular complexity index is 3910. The number of nitrogens with zero attached hydrogens (tertiary/aromatic N) is 4. The Kier molecular flexibility index (Phi) is 6.95. The standard InChI is InChI=1S/C55H32N4O/c1-2-14-35-28-40(25-24-33(35)12-1)41-19-9-10-21-45(41)53-56-54(46-23-11-22-44-48-30-37-16-4-6-18-39(37)32-50(48)60-52(44)46)58-55(57-53)59-49-31-38-17-5-3-15-36(38)29-47(49)43-27-26-34-13-7-8-20-42(34)51(43)59/h1-32H. The van der Waals surface area contributed by atoms with Crippen LogP contribution in [0.15, 0.2) is 199 Å². The van der Waals surface area contributed by atoms with Crippen LogP contribution in [0, 0.1) is 0 Å². The molecular formula is C55H32N4O. The molecule has 5 nitrogen and oxygen atoms in total. The first-order valence-electron chi connectivity index (χ1n) is 20.3. The molecule has 10 aromatic carbocycles. The monoisotopic (exact) mass is 764 g/mol. The molecule has 0 amide bonds. The van der Waals surface area contributed by atoms with Gasteiger partial charge in [-0.15, -0.1) is 0 Å². The summed E-state index contributed by atoms with van der Waals surface area (Å²) in [5.41, 5.74) is 7.50. The average Bonchev–Trinajstić information content (AvgIpc) is 3.84. The van der Waals surface area contributed by atoms with Gasteiger partial charge in [0.15, 0.2) is 11.6 Å². The van der Waals surface area contributed by atoms with Gasteiger partial charge >= 0.3 is 0 Å². The molecule has 0 aliphatic rings. The van der Waals surface area contributed by atoms with Crippen molar-refractivity contribution in [3.8, 4) is 39.9 Å². The smallest absolute Gasteiger partial charge is 0.238 e. The van der Waals surface area contributed by atoms with Crippen molar-refractivity contribution in [2.24, 2.45) is 0 Å². The van der Waals surface area contributed by atoms with E-state index < -0.39 is 0 Å². The maximum absolute atomic E-state index is 6.80. The molecule has 0 atom stereocenters. The first-order valence-corrected chi connectivity index (χ1v) is 20.3. The van der Waals surface area contributed by atoms with Gasteiger partial charge in [-0.2, -0.15) is 9.97 Å². The lowest BCUT2D eigenvalue weighted by molar-refractivity contribution is 0.670. The van der Waals surface area contributed by atoms with Crippen molar-refractivity contribution < 1.29 is 4.42 Å². The molecule has 13 rings (SSSR count). The zero-order valence-corrected chi connectivity index (χ0v) is 32.2. The number of para-hydroxylation sites is 1. The minimum absolute atomic E-state index is 0.536. The average molecular weight is 765 g/mol. The molecule has 0 bridgehead atoms. The number of hydrogen-bond acceptors (Lipinski definition) is 4. The number of fused-ring (bicyclic) bond motifs is 11. The van der Waals surface area contributed by atoms with Crippen molar-refractivity contribution in [2.75, 3.05) is 0 Å². The Morgan fingerprint density at radius 2 is 0.917 bits per heavy atom. The second kappa shape index (κ2) is 12.7. The molecular weight excluding hydrogens is 733 g/mol. The third kappa shape index (κ3) is 4.96. The number of aromatic nitrogens is 4. The van der Waals surface area contributed by atoms with Gasteiger partial charge in [0.2, 0.25) is 5.95 Å². The van der Waals surface area contributed by atoms with Gasteiger partial charge in [-0.25, -0.2) is 4.98 Å². The highest BCUT2D eigenvalue weighted by Crippen LogP contribution is 2.41. The zero-order chi connectivity index (χ0) is 39.3. The summed E-state index contributed by atoms with van der Waals surface area (Å²) in [7, 11) is 0.